The molecule has 0 aromatic rings. The summed E-state index contributed by atoms with van der Waals surface area (Å²) in [6.07, 6.45) is 8.77. The number of thioether (sulfide) groups is 1. The lowest BCUT2D eigenvalue weighted by Crippen LogP contribution is -2.32. The Kier molecular flexibility index (Phi) is 8.94. The van der Waals surface area contributed by atoms with E-state index in [2.05, 4.69) is 6.92 Å². The second-order valence-corrected chi connectivity index (χ2v) is 6.67. The quantitative estimate of drug-likeness (QED) is 0.470. The van der Waals surface area contributed by atoms with Crippen LogP contribution in [0.2, 0.25) is 0 Å². The molecule has 0 spiro atoms. The zero-order valence-electron chi connectivity index (χ0n) is 12.6. The molecule has 116 valence electrons. The number of nitrogens with two attached hydrogens (primary N) is 1. The van der Waals surface area contributed by atoms with Crippen molar-refractivity contribution in [3.05, 3.63) is 0 Å². The fourth-order valence-electron chi connectivity index (χ4n) is 2.46. The first kappa shape index (κ1) is 17.5. The standard InChI is InChI=1S/C15H28N2O2S/c1-2-3-4-5-6-7-8-10-17-14(18)12-13(15(17)19)20-11-9-16/h13H,2-12,16H2,1H3. The summed E-state index contributed by atoms with van der Waals surface area (Å²) in [6, 6.07) is 0. The van der Waals surface area contributed by atoms with Crippen LogP contribution in [0.3, 0.4) is 0 Å². The van der Waals surface area contributed by atoms with Crippen LogP contribution < -0.4 is 5.73 Å². The maximum Gasteiger partial charge on any atom is 0.242 e. The molecule has 0 aromatic carbocycles. The third kappa shape index (κ3) is 5.83. The molecule has 5 heteroatoms. The molecular formula is C15H28N2O2S. The van der Waals surface area contributed by atoms with Gasteiger partial charge in [-0.2, -0.15) is 0 Å². The minimum absolute atomic E-state index is 0.000525. The van der Waals surface area contributed by atoms with E-state index in [4.69, 9.17) is 5.73 Å². The Labute approximate surface area is 126 Å². The fraction of sp³-hybridized carbons (Fsp3) is 0.867. The summed E-state index contributed by atoms with van der Waals surface area (Å²) in [7, 11) is 0. The van der Waals surface area contributed by atoms with E-state index in [0.717, 1.165) is 18.6 Å². The molecule has 1 aliphatic heterocycles. The van der Waals surface area contributed by atoms with Gasteiger partial charge in [-0.3, -0.25) is 14.5 Å². The van der Waals surface area contributed by atoms with Gasteiger partial charge in [-0.15, -0.1) is 11.8 Å². The van der Waals surface area contributed by atoms with Gasteiger partial charge in [-0.05, 0) is 6.42 Å². The average Bonchev–Trinajstić information content (AvgIpc) is 2.71. The highest BCUT2D eigenvalue weighted by Gasteiger charge is 2.37. The average molecular weight is 300 g/mol. The number of carbonyl (C=O) groups is 2. The Morgan fingerprint density at radius 1 is 1.15 bits per heavy atom. The molecule has 0 radical (unpaired) electrons. The first-order valence-corrected chi connectivity index (χ1v) is 8.91. The predicted molar refractivity (Wildman–Crippen MR) is 84.6 cm³/mol. The van der Waals surface area contributed by atoms with Gasteiger partial charge >= 0.3 is 0 Å². The molecule has 1 fully saturated rings. The highest BCUT2D eigenvalue weighted by molar-refractivity contribution is 8.00. The van der Waals surface area contributed by atoms with Gasteiger partial charge in [-0.25, -0.2) is 0 Å². The van der Waals surface area contributed by atoms with Crippen LogP contribution in [-0.2, 0) is 9.59 Å². The molecule has 0 aliphatic carbocycles. The van der Waals surface area contributed by atoms with E-state index < -0.39 is 0 Å². The van der Waals surface area contributed by atoms with E-state index in [1.165, 1.54) is 48.8 Å². The maximum absolute atomic E-state index is 12.1. The molecule has 0 aromatic heterocycles. The summed E-state index contributed by atoms with van der Waals surface area (Å²) in [5.74, 6) is 0.740. The summed E-state index contributed by atoms with van der Waals surface area (Å²) >= 11 is 1.52. The maximum atomic E-state index is 12.1. The largest absolute Gasteiger partial charge is 0.330 e. The van der Waals surface area contributed by atoms with Crippen LogP contribution >= 0.6 is 11.8 Å². The van der Waals surface area contributed by atoms with Crippen molar-refractivity contribution in [2.75, 3.05) is 18.8 Å². The first-order valence-electron chi connectivity index (χ1n) is 7.86. The number of carbonyl (C=O) groups excluding carboxylic acids is 2. The number of imide groups is 1. The van der Waals surface area contributed by atoms with E-state index in [1.807, 2.05) is 0 Å². The SMILES string of the molecule is CCCCCCCCCN1C(=O)CC(SCCN)C1=O. The number of unbranched alkanes of at least 4 members (excludes halogenated alkanes) is 6. The van der Waals surface area contributed by atoms with Crippen molar-refractivity contribution in [3.8, 4) is 0 Å². The lowest BCUT2D eigenvalue weighted by molar-refractivity contribution is -0.138. The first-order chi connectivity index (χ1) is 9.70. The second kappa shape index (κ2) is 10.2. The predicted octanol–water partition coefficient (Wildman–Crippen LogP) is 2.56. The Balaban J connectivity index is 2.16. The van der Waals surface area contributed by atoms with Gasteiger partial charge < -0.3 is 5.73 Å². The van der Waals surface area contributed by atoms with Crippen LogP contribution in [0.25, 0.3) is 0 Å². The van der Waals surface area contributed by atoms with Crippen molar-refractivity contribution in [2.24, 2.45) is 5.73 Å². The van der Waals surface area contributed by atoms with Crippen molar-refractivity contribution >= 4 is 23.6 Å². The molecule has 1 rings (SSSR count). The summed E-state index contributed by atoms with van der Waals surface area (Å²) in [4.78, 5) is 25.4. The highest BCUT2D eigenvalue weighted by atomic mass is 32.2. The molecule has 2 amide bonds. The number of amides is 2. The number of hydrogen-bond acceptors (Lipinski definition) is 4. The minimum Gasteiger partial charge on any atom is -0.330 e. The molecule has 1 saturated heterocycles. The Morgan fingerprint density at radius 2 is 1.80 bits per heavy atom. The zero-order chi connectivity index (χ0) is 14.8. The summed E-state index contributed by atoms with van der Waals surface area (Å²) in [5, 5.41) is -0.185. The number of nitrogens with zero attached hydrogens (tertiary/aromatic N) is 1. The lowest BCUT2D eigenvalue weighted by atomic mass is 10.1. The molecule has 4 nitrogen and oxygen atoms in total. The van der Waals surface area contributed by atoms with Crippen LogP contribution in [0.5, 0.6) is 0 Å². The normalized spacial score (nSPS) is 19.1. The van der Waals surface area contributed by atoms with Crippen LogP contribution in [0.15, 0.2) is 0 Å². The molecule has 1 atom stereocenters. The van der Waals surface area contributed by atoms with Crippen molar-refractivity contribution in [2.45, 2.75) is 63.5 Å². The smallest absolute Gasteiger partial charge is 0.242 e. The molecule has 2 N–H and O–H groups in total. The molecule has 20 heavy (non-hydrogen) atoms. The third-order valence-corrected chi connectivity index (χ3v) is 4.87. The molecule has 0 bridgehead atoms. The summed E-state index contributed by atoms with van der Waals surface area (Å²) < 4.78 is 0. The molecule has 1 aliphatic rings. The Morgan fingerprint density at radius 3 is 2.45 bits per heavy atom. The van der Waals surface area contributed by atoms with Crippen molar-refractivity contribution in [1.29, 1.82) is 0 Å². The van der Waals surface area contributed by atoms with Crippen LogP contribution in [-0.4, -0.2) is 40.8 Å². The number of rotatable bonds is 11. The van der Waals surface area contributed by atoms with Gasteiger partial charge in [0.1, 0.15) is 0 Å². The van der Waals surface area contributed by atoms with E-state index in [9.17, 15) is 9.59 Å². The van der Waals surface area contributed by atoms with Crippen molar-refractivity contribution < 1.29 is 9.59 Å². The summed E-state index contributed by atoms with van der Waals surface area (Å²) in [6.45, 7) is 3.37. The van der Waals surface area contributed by atoms with Crippen LogP contribution in [0.4, 0.5) is 0 Å². The van der Waals surface area contributed by atoms with E-state index in [-0.39, 0.29) is 17.1 Å². The van der Waals surface area contributed by atoms with Gasteiger partial charge in [0.05, 0.1) is 5.25 Å². The minimum atomic E-state index is -0.185. The monoisotopic (exact) mass is 300 g/mol. The Bertz CT molecular complexity index is 310. The second-order valence-electron chi connectivity index (χ2n) is 5.36. The Hall–Kier alpha value is -0.550. The van der Waals surface area contributed by atoms with E-state index in [1.54, 1.807) is 0 Å². The van der Waals surface area contributed by atoms with Crippen molar-refractivity contribution in [1.82, 2.24) is 4.90 Å². The van der Waals surface area contributed by atoms with Gasteiger partial charge in [-0.1, -0.05) is 45.4 Å². The molecular weight excluding hydrogens is 272 g/mol. The summed E-state index contributed by atoms with van der Waals surface area (Å²) in [5.41, 5.74) is 5.44. The van der Waals surface area contributed by atoms with Crippen LogP contribution in [0.1, 0.15) is 58.3 Å². The van der Waals surface area contributed by atoms with Gasteiger partial charge in [0.25, 0.3) is 0 Å². The molecule has 1 heterocycles. The molecule has 0 saturated carbocycles. The van der Waals surface area contributed by atoms with Gasteiger partial charge in [0.2, 0.25) is 11.8 Å². The van der Waals surface area contributed by atoms with Gasteiger partial charge in [0.15, 0.2) is 0 Å². The lowest BCUT2D eigenvalue weighted by Gasteiger charge is -2.14. The fourth-order valence-corrected chi connectivity index (χ4v) is 3.41. The van der Waals surface area contributed by atoms with Crippen LogP contribution in [0, 0.1) is 0 Å². The van der Waals surface area contributed by atoms with Crippen molar-refractivity contribution in [3.63, 3.8) is 0 Å². The third-order valence-electron chi connectivity index (χ3n) is 3.62. The zero-order valence-corrected chi connectivity index (χ0v) is 13.4. The van der Waals surface area contributed by atoms with Gasteiger partial charge in [0, 0.05) is 25.3 Å². The number of likely N-dealkylation sites (tertiary alicyclic amines) is 1. The molecule has 1 unspecified atom stereocenters. The topological polar surface area (TPSA) is 63.4 Å². The van der Waals surface area contributed by atoms with E-state index in [0.29, 0.717) is 19.5 Å². The number of hydrogen-bond donors (Lipinski definition) is 1. The highest BCUT2D eigenvalue weighted by Crippen LogP contribution is 2.25. The van der Waals surface area contributed by atoms with E-state index >= 15 is 0 Å².